The van der Waals surface area contributed by atoms with Crippen LogP contribution in [0, 0.1) is 13.8 Å². The van der Waals surface area contributed by atoms with E-state index in [4.69, 9.17) is 5.11 Å². The first-order valence-electron chi connectivity index (χ1n) is 9.03. The number of amides is 1. The molecule has 0 aliphatic heterocycles. The molecule has 1 aromatic carbocycles. The Bertz CT molecular complexity index is 779. The number of carbonyl (C=O) groups is 2. The summed E-state index contributed by atoms with van der Waals surface area (Å²) in [7, 11) is -3.82. The van der Waals surface area contributed by atoms with E-state index in [2.05, 4.69) is 5.32 Å². The van der Waals surface area contributed by atoms with Crippen LogP contribution in [-0.2, 0) is 19.4 Å². The third-order valence-electron chi connectivity index (χ3n) is 5.08. The van der Waals surface area contributed by atoms with Gasteiger partial charge >= 0.3 is 5.97 Å². The van der Waals surface area contributed by atoms with Crippen molar-refractivity contribution in [1.82, 2.24) is 5.32 Å². The highest BCUT2D eigenvalue weighted by molar-refractivity contribution is 7.93. The molecule has 2 N–H and O–H groups in total. The van der Waals surface area contributed by atoms with Gasteiger partial charge in [-0.25, -0.2) is 8.42 Å². The van der Waals surface area contributed by atoms with E-state index in [0.29, 0.717) is 44.1 Å². The van der Waals surface area contributed by atoms with Gasteiger partial charge in [0.25, 0.3) is 0 Å². The molecule has 0 aromatic heterocycles. The maximum absolute atomic E-state index is 13.4. The van der Waals surface area contributed by atoms with Crippen molar-refractivity contribution in [2.75, 3.05) is 6.54 Å². The standard InChI is InChI=1S/C19H27NO5S/c1-14-8-9-15(2)16(13-14)26(24,25)19(10-4-5-11-19)18(23)20-12-6-3-7-17(21)22/h8-9,13H,3-7,10-12H2,1-2H3,(H,20,23)(H,21,22). The maximum atomic E-state index is 13.4. The van der Waals surface area contributed by atoms with Crippen LogP contribution in [-0.4, -0.2) is 36.7 Å². The van der Waals surface area contributed by atoms with Crippen LogP contribution in [0.15, 0.2) is 23.1 Å². The summed E-state index contributed by atoms with van der Waals surface area (Å²) in [5.41, 5.74) is 1.49. The number of hydrogen-bond donors (Lipinski definition) is 2. The molecule has 1 aromatic rings. The normalized spacial score (nSPS) is 16.4. The molecule has 0 bridgehead atoms. The number of carboxylic acids is 1. The van der Waals surface area contributed by atoms with Crippen molar-refractivity contribution in [2.24, 2.45) is 0 Å². The molecule has 1 aliphatic carbocycles. The molecular weight excluding hydrogens is 354 g/mol. The molecule has 26 heavy (non-hydrogen) atoms. The van der Waals surface area contributed by atoms with Crippen molar-refractivity contribution >= 4 is 21.7 Å². The van der Waals surface area contributed by atoms with E-state index in [0.717, 1.165) is 5.56 Å². The van der Waals surface area contributed by atoms with Gasteiger partial charge in [0.1, 0.15) is 0 Å². The maximum Gasteiger partial charge on any atom is 0.303 e. The summed E-state index contributed by atoms with van der Waals surface area (Å²) in [5, 5.41) is 11.4. The third-order valence-corrected chi connectivity index (χ3v) is 7.72. The lowest BCUT2D eigenvalue weighted by Crippen LogP contribution is -2.51. The molecule has 7 heteroatoms. The molecule has 1 fully saturated rings. The van der Waals surface area contributed by atoms with Crippen molar-refractivity contribution in [3.05, 3.63) is 29.3 Å². The third kappa shape index (κ3) is 4.09. The summed E-state index contributed by atoms with van der Waals surface area (Å²) in [6, 6.07) is 5.28. The van der Waals surface area contributed by atoms with E-state index in [1.54, 1.807) is 19.1 Å². The molecule has 0 saturated heterocycles. The number of nitrogens with one attached hydrogen (secondary N) is 1. The molecule has 0 heterocycles. The Morgan fingerprint density at radius 2 is 1.81 bits per heavy atom. The van der Waals surface area contributed by atoms with E-state index in [1.807, 2.05) is 13.0 Å². The average Bonchev–Trinajstić information content (AvgIpc) is 3.08. The van der Waals surface area contributed by atoms with Gasteiger partial charge in [-0.15, -0.1) is 0 Å². The zero-order valence-electron chi connectivity index (χ0n) is 15.4. The molecule has 1 saturated carbocycles. The molecule has 6 nitrogen and oxygen atoms in total. The summed E-state index contributed by atoms with van der Waals surface area (Å²) >= 11 is 0. The molecular formula is C19H27NO5S. The molecule has 1 aliphatic rings. The summed E-state index contributed by atoms with van der Waals surface area (Å²) in [6.07, 6.45) is 3.06. The highest BCUT2D eigenvalue weighted by Crippen LogP contribution is 2.41. The Balaban J connectivity index is 2.21. The van der Waals surface area contributed by atoms with Crippen LogP contribution in [0.3, 0.4) is 0 Å². The molecule has 0 spiro atoms. The fourth-order valence-electron chi connectivity index (χ4n) is 3.54. The first-order chi connectivity index (χ1) is 12.2. The lowest BCUT2D eigenvalue weighted by Gasteiger charge is -2.28. The summed E-state index contributed by atoms with van der Waals surface area (Å²) in [5.74, 6) is -1.33. The SMILES string of the molecule is Cc1ccc(C)c(S(=O)(=O)C2(C(=O)NCCCCC(=O)O)CCCC2)c1. The minimum Gasteiger partial charge on any atom is -0.481 e. The molecule has 0 radical (unpaired) electrons. The summed E-state index contributed by atoms with van der Waals surface area (Å²) < 4.78 is 25.4. The van der Waals surface area contributed by atoms with Gasteiger partial charge in [-0.2, -0.15) is 0 Å². The van der Waals surface area contributed by atoms with Crippen molar-refractivity contribution in [3.63, 3.8) is 0 Å². The number of unbranched alkanes of at least 4 members (excludes halogenated alkanes) is 1. The lowest BCUT2D eigenvalue weighted by molar-refractivity contribution is -0.137. The zero-order valence-corrected chi connectivity index (χ0v) is 16.2. The van der Waals surface area contributed by atoms with E-state index in [-0.39, 0.29) is 17.9 Å². The van der Waals surface area contributed by atoms with Gasteiger partial charge in [-0.1, -0.05) is 25.0 Å². The van der Waals surface area contributed by atoms with Crippen LogP contribution in [0.25, 0.3) is 0 Å². The van der Waals surface area contributed by atoms with E-state index >= 15 is 0 Å². The second-order valence-corrected chi connectivity index (χ2v) is 9.31. The van der Waals surface area contributed by atoms with Crippen LogP contribution in [0.4, 0.5) is 0 Å². The van der Waals surface area contributed by atoms with Gasteiger partial charge in [-0.05, 0) is 56.7 Å². The van der Waals surface area contributed by atoms with Crippen LogP contribution >= 0.6 is 0 Å². The van der Waals surface area contributed by atoms with Crippen molar-refractivity contribution in [3.8, 4) is 0 Å². The highest BCUT2D eigenvalue weighted by atomic mass is 32.2. The van der Waals surface area contributed by atoms with Gasteiger partial charge in [0.15, 0.2) is 14.6 Å². The molecule has 144 valence electrons. The Labute approximate surface area is 154 Å². The second-order valence-electron chi connectivity index (χ2n) is 7.08. The quantitative estimate of drug-likeness (QED) is 0.674. The smallest absolute Gasteiger partial charge is 0.303 e. The van der Waals surface area contributed by atoms with Crippen molar-refractivity contribution < 1.29 is 23.1 Å². The van der Waals surface area contributed by atoms with Gasteiger partial charge in [0.05, 0.1) is 4.90 Å². The Morgan fingerprint density at radius 3 is 2.42 bits per heavy atom. The molecule has 1 amide bonds. The number of carbonyl (C=O) groups excluding carboxylic acids is 1. The second kappa shape index (κ2) is 8.20. The minimum absolute atomic E-state index is 0.0435. The molecule has 2 rings (SSSR count). The lowest BCUT2D eigenvalue weighted by atomic mass is 10.1. The van der Waals surface area contributed by atoms with Gasteiger partial charge in [-0.3, -0.25) is 9.59 Å². The number of sulfone groups is 1. The monoisotopic (exact) mass is 381 g/mol. The number of carboxylic acid groups (broad SMARTS) is 1. The predicted octanol–water partition coefficient (Wildman–Crippen LogP) is 2.76. The fourth-order valence-corrected chi connectivity index (χ4v) is 5.93. The first-order valence-corrected chi connectivity index (χ1v) is 10.5. The first kappa shape index (κ1) is 20.4. The Hall–Kier alpha value is -1.89. The number of benzene rings is 1. The number of rotatable bonds is 8. The van der Waals surface area contributed by atoms with Crippen molar-refractivity contribution in [1.29, 1.82) is 0 Å². The number of hydrogen-bond acceptors (Lipinski definition) is 4. The van der Waals surface area contributed by atoms with Crippen LogP contribution in [0.5, 0.6) is 0 Å². The Morgan fingerprint density at radius 1 is 1.15 bits per heavy atom. The zero-order chi connectivity index (χ0) is 19.4. The van der Waals surface area contributed by atoms with E-state index < -0.39 is 26.5 Å². The molecule has 0 atom stereocenters. The van der Waals surface area contributed by atoms with Crippen molar-refractivity contribution in [2.45, 2.75) is 68.4 Å². The predicted molar refractivity (Wildman–Crippen MR) is 98.8 cm³/mol. The number of aliphatic carboxylic acids is 1. The number of aryl methyl sites for hydroxylation is 2. The molecule has 0 unspecified atom stereocenters. The van der Waals surface area contributed by atoms with Crippen LogP contribution < -0.4 is 5.32 Å². The topological polar surface area (TPSA) is 101 Å². The fraction of sp³-hybridized carbons (Fsp3) is 0.579. The summed E-state index contributed by atoms with van der Waals surface area (Å²) in [4.78, 5) is 23.6. The van der Waals surface area contributed by atoms with Gasteiger partial charge < -0.3 is 10.4 Å². The highest BCUT2D eigenvalue weighted by Gasteiger charge is 2.53. The van der Waals surface area contributed by atoms with E-state index in [9.17, 15) is 18.0 Å². The van der Waals surface area contributed by atoms with E-state index in [1.165, 1.54) is 0 Å². The van der Waals surface area contributed by atoms with Gasteiger partial charge in [0, 0.05) is 13.0 Å². The summed E-state index contributed by atoms with van der Waals surface area (Å²) in [6.45, 7) is 3.87. The van der Waals surface area contributed by atoms with Crippen LogP contribution in [0.1, 0.15) is 56.1 Å². The Kier molecular flexibility index (Phi) is 6.44. The largest absolute Gasteiger partial charge is 0.481 e. The van der Waals surface area contributed by atoms with Gasteiger partial charge in [0.2, 0.25) is 5.91 Å². The minimum atomic E-state index is -3.82. The van der Waals surface area contributed by atoms with Crippen LogP contribution in [0.2, 0.25) is 0 Å². The average molecular weight is 381 g/mol.